The van der Waals surface area contributed by atoms with E-state index >= 15 is 0 Å². The van der Waals surface area contributed by atoms with Crippen LogP contribution >= 0.6 is 11.8 Å². The lowest BCUT2D eigenvalue weighted by Gasteiger charge is -2.36. The van der Waals surface area contributed by atoms with E-state index in [2.05, 4.69) is 93.1 Å². The molecule has 0 amide bonds. The second kappa shape index (κ2) is 13.2. The van der Waals surface area contributed by atoms with Gasteiger partial charge in [0, 0.05) is 33.9 Å². The minimum Gasteiger partial charge on any atom is -0.458 e. The van der Waals surface area contributed by atoms with Crippen molar-refractivity contribution in [3.63, 3.8) is 0 Å². The Kier molecular flexibility index (Phi) is 9.73. The van der Waals surface area contributed by atoms with Gasteiger partial charge in [0.15, 0.2) is 0 Å². The maximum atomic E-state index is 13.7. The summed E-state index contributed by atoms with van der Waals surface area (Å²) in [7, 11) is 7.47. The third-order valence-electron chi connectivity index (χ3n) is 6.41. The number of carbonyl (C=O) groups is 1. The maximum absolute atomic E-state index is 13.7. The van der Waals surface area contributed by atoms with Crippen molar-refractivity contribution in [3.05, 3.63) is 108 Å². The van der Waals surface area contributed by atoms with E-state index in [4.69, 9.17) is 4.74 Å². The molecule has 42 heavy (non-hydrogen) atoms. The highest BCUT2D eigenvalue weighted by Gasteiger charge is 2.39. The molecule has 1 N–H and O–H groups in total. The summed E-state index contributed by atoms with van der Waals surface area (Å²) < 4.78 is 5.30. The predicted molar refractivity (Wildman–Crippen MR) is 173 cm³/mol. The van der Waals surface area contributed by atoms with Crippen molar-refractivity contribution in [1.82, 2.24) is 15.0 Å². The largest absolute Gasteiger partial charge is 0.458 e. The zero-order valence-corrected chi connectivity index (χ0v) is 26.2. The van der Waals surface area contributed by atoms with Crippen LogP contribution in [0.1, 0.15) is 37.5 Å². The molecule has 1 aromatic heterocycles. The molecule has 0 aliphatic rings. The smallest absolute Gasteiger partial charge is 0.330 e. The average molecular weight is 585 g/mol. The summed E-state index contributed by atoms with van der Waals surface area (Å²) in [6.45, 7) is 5.61. The van der Waals surface area contributed by atoms with Crippen LogP contribution in [0.3, 0.4) is 0 Å². The molecule has 4 aromatic rings. The molecule has 1 atom stereocenters. The van der Waals surface area contributed by atoms with Gasteiger partial charge in [-0.25, -0.2) is 4.79 Å². The molecule has 0 saturated heterocycles. The molecule has 4 rings (SSSR count). The van der Waals surface area contributed by atoms with Gasteiger partial charge in [0.05, 0.1) is 4.75 Å². The molecule has 0 unspecified atom stereocenters. The fourth-order valence-corrected chi connectivity index (χ4v) is 6.04. The first-order valence-corrected chi connectivity index (χ1v) is 14.9. The third kappa shape index (κ3) is 7.39. The zero-order valence-electron chi connectivity index (χ0n) is 25.4. The quantitative estimate of drug-likeness (QED) is 0.172. The molecule has 0 saturated carbocycles. The van der Waals surface area contributed by atoms with Gasteiger partial charge in [0.1, 0.15) is 11.6 Å². The molecule has 0 bridgehead atoms. The summed E-state index contributed by atoms with van der Waals surface area (Å²) in [6, 6.07) is 30.5. The second-order valence-electron chi connectivity index (χ2n) is 11.4. The summed E-state index contributed by atoms with van der Waals surface area (Å²) >= 11 is 1.68. The summed E-state index contributed by atoms with van der Waals surface area (Å²) in [5.41, 5.74) is 2.67. The molecule has 3 aromatic carbocycles. The monoisotopic (exact) mass is 584 g/mol. The van der Waals surface area contributed by atoms with E-state index in [0.29, 0.717) is 23.6 Å². The number of rotatable bonds is 11. The number of aromatic nitrogens is 3. The van der Waals surface area contributed by atoms with Crippen molar-refractivity contribution in [3.8, 4) is 0 Å². The Balaban J connectivity index is 1.81. The lowest BCUT2D eigenvalue weighted by molar-refractivity contribution is -0.155. The van der Waals surface area contributed by atoms with Crippen LogP contribution in [0.25, 0.3) is 0 Å². The fraction of sp³-hybridized carbons (Fsp3) is 0.333. The number of nitrogens with one attached hydrogen (secondary N) is 1. The second-order valence-corrected chi connectivity index (χ2v) is 12.6. The van der Waals surface area contributed by atoms with Crippen LogP contribution in [-0.2, 0) is 14.3 Å². The number of esters is 1. The fourth-order valence-electron chi connectivity index (χ4n) is 4.49. The Morgan fingerprint density at radius 3 is 1.50 bits per heavy atom. The molecule has 0 aliphatic heterocycles. The van der Waals surface area contributed by atoms with Crippen molar-refractivity contribution >= 4 is 35.6 Å². The van der Waals surface area contributed by atoms with Crippen molar-refractivity contribution in [2.24, 2.45) is 0 Å². The van der Waals surface area contributed by atoms with Crippen LogP contribution in [-0.4, -0.2) is 66.5 Å². The van der Waals surface area contributed by atoms with Crippen LogP contribution in [0, 0.1) is 0 Å². The van der Waals surface area contributed by atoms with Crippen molar-refractivity contribution < 1.29 is 9.53 Å². The Labute approximate surface area is 253 Å². The van der Waals surface area contributed by atoms with Crippen molar-refractivity contribution in [2.45, 2.75) is 37.2 Å². The number of ether oxygens (including phenoxy) is 1. The summed E-state index contributed by atoms with van der Waals surface area (Å²) in [5, 5.41) is 3.31. The number of anilines is 3. The molecule has 0 spiro atoms. The number of benzene rings is 3. The molecule has 0 aliphatic carbocycles. The first kappa shape index (κ1) is 30.8. The van der Waals surface area contributed by atoms with Gasteiger partial charge < -0.3 is 19.9 Å². The Morgan fingerprint density at radius 2 is 1.14 bits per heavy atom. The first-order chi connectivity index (χ1) is 20.0. The molecule has 9 heteroatoms. The molecular formula is C33H40N6O2S. The van der Waals surface area contributed by atoms with Crippen LogP contribution < -0.4 is 15.1 Å². The standard InChI is InChI=1S/C33H40N6O2S/c1-32(2,3)41-28(40)27(34-29-35-30(38(4)5)37-31(36-29)39(6)7)23-42-33(24-17-11-8-12-18-24,25-19-13-9-14-20-25)26-21-15-10-16-22-26/h8-22,27H,23H2,1-7H3,(H,34,35,36,37)/t27-/m0/s1. The highest BCUT2D eigenvalue weighted by atomic mass is 32.2. The number of hydrogen-bond donors (Lipinski definition) is 1. The summed E-state index contributed by atoms with van der Waals surface area (Å²) in [5.74, 6) is 1.27. The van der Waals surface area contributed by atoms with E-state index in [1.807, 2.05) is 77.0 Å². The zero-order chi connectivity index (χ0) is 30.3. The van der Waals surface area contributed by atoms with Crippen LogP contribution in [0.5, 0.6) is 0 Å². The van der Waals surface area contributed by atoms with E-state index in [0.717, 1.165) is 16.7 Å². The van der Waals surface area contributed by atoms with Gasteiger partial charge in [-0.15, -0.1) is 11.8 Å². The van der Waals surface area contributed by atoms with E-state index in [-0.39, 0.29) is 5.97 Å². The van der Waals surface area contributed by atoms with Gasteiger partial charge in [-0.1, -0.05) is 91.0 Å². The molecule has 0 radical (unpaired) electrons. The van der Waals surface area contributed by atoms with E-state index in [9.17, 15) is 4.79 Å². The van der Waals surface area contributed by atoms with Crippen molar-refractivity contribution in [2.75, 3.05) is 49.1 Å². The van der Waals surface area contributed by atoms with Gasteiger partial charge in [-0.2, -0.15) is 15.0 Å². The predicted octanol–water partition coefficient (Wildman–Crippen LogP) is 5.85. The van der Waals surface area contributed by atoms with Crippen molar-refractivity contribution in [1.29, 1.82) is 0 Å². The van der Waals surface area contributed by atoms with Crippen LogP contribution in [0.2, 0.25) is 0 Å². The molecular weight excluding hydrogens is 544 g/mol. The minimum absolute atomic E-state index is 0.304. The summed E-state index contributed by atoms with van der Waals surface area (Å²) in [6.07, 6.45) is 0. The Hall–Kier alpha value is -4.11. The first-order valence-electron chi connectivity index (χ1n) is 13.9. The molecule has 0 fully saturated rings. The van der Waals surface area contributed by atoms with Crippen LogP contribution in [0.4, 0.5) is 17.8 Å². The number of nitrogens with zero attached hydrogens (tertiary/aromatic N) is 5. The SMILES string of the molecule is CN(C)c1nc(N[C@@H](CSC(c2ccccc2)(c2ccccc2)c2ccccc2)C(=O)OC(C)(C)C)nc(N(C)C)n1. The van der Waals surface area contributed by atoms with Gasteiger partial charge >= 0.3 is 5.97 Å². The average Bonchev–Trinajstić information content (AvgIpc) is 2.97. The third-order valence-corrected chi connectivity index (χ3v) is 8.05. The molecule has 220 valence electrons. The Bertz CT molecular complexity index is 1320. The van der Waals surface area contributed by atoms with Gasteiger partial charge in [-0.3, -0.25) is 0 Å². The highest BCUT2D eigenvalue weighted by molar-refractivity contribution is 8.00. The van der Waals surface area contributed by atoms with Gasteiger partial charge in [0.25, 0.3) is 0 Å². The maximum Gasteiger partial charge on any atom is 0.330 e. The lowest BCUT2D eigenvalue weighted by atomic mass is 9.84. The summed E-state index contributed by atoms with van der Waals surface area (Å²) in [4.78, 5) is 31.1. The van der Waals surface area contributed by atoms with E-state index < -0.39 is 16.4 Å². The molecule has 8 nitrogen and oxygen atoms in total. The number of hydrogen-bond acceptors (Lipinski definition) is 9. The topological polar surface area (TPSA) is 83.5 Å². The van der Waals surface area contributed by atoms with E-state index in [1.165, 1.54) is 0 Å². The Morgan fingerprint density at radius 1 is 0.738 bits per heavy atom. The number of thioether (sulfide) groups is 1. The van der Waals surface area contributed by atoms with E-state index in [1.54, 1.807) is 11.8 Å². The highest BCUT2D eigenvalue weighted by Crippen LogP contribution is 2.48. The van der Waals surface area contributed by atoms with Gasteiger partial charge in [0.2, 0.25) is 17.8 Å². The van der Waals surface area contributed by atoms with Crippen LogP contribution in [0.15, 0.2) is 91.0 Å². The lowest BCUT2D eigenvalue weighted by Crippen LogP contribution is -2.40. The normalized spacial score (nSPS) is 12.4. The molecule has 1 heterocycles. The van der Waals surface area contributed by atoms with Gasteiger partial charge in [-0.05, 0) is 37.5 Å². The number of carbonyl (C=O) groups excluding carboxylic acids is 1. The minimum atomic E-state index is -0.753.